The highest BCUT2D eigenvalue weighted by molar-refractivity contribution is 7.85. The molecule has 1 aliphatic rings. The van der Waals surface area contributed by atoms with E-state index in [4.69, 9.17) is 18.9 Å². The third-order valence-corrected chi connectivity index (χ3v) is 10.9. The van der Waals surface area contributed by atoms with Crippen LogP contribution in [-0.4, -0.2) is 96.0 Å². The van der Waals surface area contributed by atoms with Crippen molar-refractivity contribution in [3.05, 3.63) is 60.8 Å². The Bertz CT molecular complexity index is 1340. The van der Waals surface area contributed by atoms with Gasteiger partial charge in [-0.05, 0) is 51.4 Å². The molecule has 0 aromatic rings. The first kappa shape index (κ1) is 55.4. The number of aliphatic hydroxyl groups is 3. The van der Waals surface area contributed by atoms with Gasteiger partial charge in [0.15, 0.2) is 12.4 Å². The predicted octanol–water partition coefficient (Wildman–Crippen LogP) is 9.34. The number of rotatable bonds is 37. The summed E-state index contributed by atoms with van der Waals surface area (Å²) in [6, 6.07) is 0. The summed E-state index contributed by atoms with van der Waals surface area (Å²) in [5.41, 5.74) is 0. The summed E-state index contributed by atoms with van der Waals surface area (Å²) in [6.07, 6.45) is 35.6. The first-order valence-corrected chi connectivity index (χ1v) is 24.5. The average Bonchev–Trinajstić information content (AvgIpc) is 3.21. The minimum Gasteiger partial charge on any atom is -0.462 e. The number of aliphatic hydroxyl groups excluding tert-OH is 3. The lowest BCUT2D eigenvalue weighted by molar-refractivity contribution is -0.297. The van der Waals surface area contributed by atoms with E-state index in [1.54, 1.807) is 0 Å². The number of esters is 2. The molecule has 0 aliphatic carbocycles. The van der Waals surface area contributed by atoms with Gasteiger partial charge >= 0.3 is 11.9 Å². The maximum absolute atomic E-state index is 12.8. The lowest BCUT2D eigenvalue weighted by Crippen LogP contribution is -2.60. The molecule has 1 saturated heterocycles. The topological polar surface area (TPSA) is 186 Å². The molecule has 0 spiro atoms. The Morgan fingerprint density at radius 1 is 0.567 bits per heavy atom. The van der Waals surface area contributed by atoms with Crippen molar-refractivity contribution in [3.8, 4) is 0 Å². The van der Waals surface area contributed by atoms with Crippen molar-refractivity contribution in [2.75, 3.05) is 19.0 Å². The fourth-order valence-electron chi connectivity index (χ4n) is 6.54. The second-order valence-corrected chi connectivity index (χ2v) is 17.2. The van der Waals surface area contributed by atoms with Gasteiger partial charge in [-0.3, -0.25) is 14.1 Å². The van der Waals surface area contributed by atoms with Gasteiger partial charge < -0.3 is 34.3 Å². The first-order chi connectivity index (χ1) is 29.0. The van der Waals surface area contributed by atoms with Crippen LogP contribution in [0.3, 0.4) is 0 Å². The van der Waals surface area contributed by atoms with Gasteiger partial charge in [0.1, 0.15) is 36.8 Å². The van der Waals surface area contributed by atoms with Crippen LogP contribution in [0.15, 0.2) is 60.8 Å². The number of hydrogen-bond donors (Lipinski definition) is 4. The van der Waals surface area contributed by atoms with Crippen molar-refractivity contribution in [2.45, 2.75) is 205 Å². The third kappa shape index (κ3) is 31.2. The van der Waals surface area contributed by atoms with Gasteiger partial charge in [0.2, 0.25) is 0 Å². The van der Waals surface area contributed by atoms with E-state index in [-0.39, 0.29) is 19.4 Å². The molecular weight excluding hydrogens is 789 g/mol. The molecule has 1 heterocycles. The second-order valence-electron chi connectivity index (χ2n) is 15.7. The predicted molar refractivity (Wildman–Crippen MR) is 238 cm³/mol. The molecular formula is C47H80O12S. The van der Waals surface area contributed by atoms with Crippen molar-refractivity contribution in [1.82, 2.24) is 0 Å². The van der Waals surface area contributed by atoms with Crippen LogP contribution in [0.5, 0.6) is 0 Å². The molecule has 1 fully saturated rings. The van der Waals surface area contributed by atoms with Crippen molar-refractivity contribution in [2.24, 2.45) is 0 Å². The largest absolute Gasteiger partial charge is 0.462 e. The normalized spacial score (nSPS) is 20.7. The van der Waals surface area contributed by atoms with Gasteiger partial charge in [-0.2, -0.15) is 8.42 Å². The number of hydrogen-bond acceptors (Lipinski definition) is 11. The van der Waals surface area contributed by atoms with Crippen molar-refractivity contribution < 1.29 is 56.8 Å². The van der Waals surface area contributed by atoms with E-state index in [0.717, 1.165) is 44.9 Å². The van der Waals surface area contributed by atoms with Crippen LogP contribution in [-0.2, 0) is 38.7 Å². The summed E-state index contributed by atoms with van der Waals surface area (Å²) >= 11 is 0. The average molecular weight is 869 g/mol. The molecule has 60 heavy (non-hydrogen) atoms. The van der Waals surface area contributed by atoms with E-state index in [2.05, 4.69) is 62.5 Å². The summed E-state index contributed by atoms with van der Waals surface area (Å²) in [7, 11) is -4.61. The van der Waals surface area contributed by atoms with Crippen LogP contribution in [0.1, 0.15) is 168 Å². The van der Waals surface area contributed by atoms with E-state index in [1.165, 1.54) is 77.0 Å². The summed E-state index contributed by atoms with van der Waals surface area (Å²) in [5, 5.41) is 30.9. The molecule has 1 rings (SSSR count). The van der Waals surface area contributed by atoms with Crippen molar-refractivity contribution in [3.63, 3.8) is 0 Å². The molecule has 346 valence electrons. The van der Waals surface area contributed by atoms with Gasteiger partial charge in [0.05, 0.1) is 6.61 Å². The molecule has 0 saturated carbocycles. The van der Waals surface area contributed by atoms with Gasteiger partial charge in [-0.25, -0.2) is 0 Å². The molecule has 0 aromatic carbocycles. The van der Waals surface area contributed by atoms with Crippen LogP contribution in [0.2, 0.25) is 0 Å². The molecule has 0 aromatic heterocycles. The Hall–Kier alpha value is -2.65. The smallest absolute Gasteiger partial charge is 0.306 e. The summed E-state index contributed by atoms with van der Waals surface area (Å²) in [5.74, 6) is -2.09. The Balaban J connectivity index is 2.51. The second kappa shape index (κ2) is 37.0. The summed E-state index contributed by atoms with van der Waals surface area (Å²) in [6.45, 7) is 3.66. The van der Waals surface area contributed by atoms with E-state index in [1.807, 2.05) is 12.2 Å². The highest BCUT2D eigenvalue weighted by atomic mass is 32.2. The van der Waals surface area contributed by atoms with Crippen LogP contribution < -0.4 is 0 Å². The molecule has 0 bridgehead atoms. The minimum atomic E-state index is -4.61. The quantitative estimate of drug-likeness (QED) is 0.0201. The summed E-state index contributed by atoms with van der Waals surface area (Å²) < 4.78 is 54.0. The SMILES string of the molecule is CCCCC/C=C/C/C=C/C/C=C/C/C=C/C/C=C/CCC(=O)O[C@H](COC(=O)CCCCCCCCCCCCCCC)CO[C@H]1O[C@H](CS(=O)(=O)O)[C@@H](O)C(O)C1O. The molecule has 1 aliphatic heterocycles. The van der Waals surface area contributed by atoms with E-state index in [0.29, 0.717) is 19.3 Å². The lowest BCUT2D eigenvalue weighted by atomic mass is 10.00. The van der Waals surface area contributed by atoms with Crippen LogP contribution in [0.4, 0.5) is 0 Å². The molecule has 0 amide bonds. The molecule has 12 nitrogen and oxygen atoms in total. The highest BCUT2D eigenvalue weighted by Crippen LogP contribution is 2.24. The van der Waals surface area contributed by atoms with Gasteiger partial charge in [0.25, 0.3) is 10.1 Å². The maximum Gasteiger partial charge on any atom is 0.306 e. The Kier molecular flexibility index (Phi) is 34.1. The Morgan fingerprint density at radius 3 is 1.55 bits per heavy atom. The Morgan fingerprint density at radius 2 is 1.03 bits per heavy atom. The van der Waals surface area contributed by atoms with Gasteiger partial charge in [-0.15, -0.1) is 0 Å². The Labute approximate surface area is 362 Å². The zero-order valence-electron chi connectivity index (χ0n) is 36.8. The van der Waals surface area contributed by atoms with Crippen molar-refractivity contribution >= 4 is 22.1 Å². The minimum absolute atomic E-state index is 0.0401. The van der Waals surface area contributed by atoms with Gasteiger partial charge in [-0.1, -0.05) is 164 Å². The lowest BCUT2D eigenvalue weighted by Gasteiger charge is -2.40. The molecule has 2 unspecified atom stereocenters. The molecule has 4 N–H and O–H groups in total. The fourth-order valence-corrected chi connectivity index (χ4v) is 7.23. The number of unbranched alkanes of at least 4 members (excludes halogenated alkanes) is 15. The zero-order chi connectivity index (χ0) is 44.1. The van der Waals surface area contributed by atoms with Crippen LogP contribution in [0.25, 0.3) is 0 Å². The first-order valence-electron chi connectivity index (χ1n) is 22.8. The highest BCUT2D eigenvalue weighted by Gasteiger charge is 2.46. The number of allylic oxidation sites excluding steroid dienone is 10. The number of carbonyl (C=O) groups is 2. The van der Waals surface area contributed by atoms with E-state index >= 15 is 0 Å². The molecule has 6 atom stereocenters. The molecule has 13 heteroatoms. The van der Waals surface area contributed by atoms with Crippen molar-refractivity contribution in [1.29, 1.82) is 0 Å². The zero-order valence-corrected chi connectivity index (χ0v) is 37.6. The standard InChI is InChI=1S/C47H80O12S/c1-3-5-7-9-11-13-15-17-18-19-20-21-22-24-26-28-30-32-34-36-43(49)58-40(38-57-47-46(52)45(51)44(50)41(59-47)39-60(53,54)55)37-56-42(48)35-33-31-29-27-25-23-16-14-12-10-8-6-4-2/h11,13,17-18,20-21,24,26,30,32,40-41,44-47,50-52H,3-10,12,14-16,19,22-23,25,27-29,31,33-39H2,1-2H3,(H,53,54,55)/b13-11+,18-17+,21-20+,26-24+,32-30+/t40-,41-,44-,45?,46?,47+/m1/s1. The van der Waals surface area contributed by atoms with Crippen LogP contribution >= 0.6 is 0 Å². The molecule has 0 radical (unpaired) electrons. The van der Waals surface area contributed by atoms with Crippen LogP contribution in [0, 0.1) is 0 Å². The van der Waals surface area contributed by atoms with Gasteiger partial charge in [0, 0.05) is 12.8 Å². The maximum atomic E-state index is 12.8. The number of ether oxygens (including phenoxy) is 4. The number of carbonyl (C=O) groups excluding carboxylic acids is 2. The third-order valence-electron chi connectivity index (χ3n) is 10.1. The van der Waals surface area contributed by atoms with E-state index in [9.17, 15) is 37.9 Å². The fraction of sp³-hybridized carbons (Fsp3) is 0.745. The van der Waals surface area contributed by atoms with E-state index < -0.39 is 71.2 Å². The monoisotopic (exact) mass is 869 g/mol. The summed E-state index contributed by atoms with van der Waals surface area (Å²) in [4.78, 5) is 25.4.